The first-order valence-electron chi connectivity index (χ1n) is 3.25. The lowest BCUT2D eigenvalue weighted by Gasteiger charge is -1.95. The van der Waals surface area contributed by atoms with Gasteiger partial charge < -0.3 is 5.73 Å². The predicted octanol–water partition coefficient (Wildman–Crippen LogP) is 0.779. The molecule has 2 N–H and O–H groups in total. The second kappa shape index (κ2) is 3.43. The molecule has 1 rings (SSSR count). The van der Waals surface area contributed by atoms with Crippen molar-refractivity contribution in [3.05, 3.63) is 18.0 Å². The summed E-state index contributed by atoms with van der Waals surface area (Å²) in [5, 5.41) is 3.59. The topological polar surface area (TPSA) is 43.8 Å². The summed E-state index contributed by atoms with van der Waals surface area (Å²) in [6.45, 7) is 0.886. The van der Waals surface area contributed by atoms with Gasteiger partial charge in [0.25, 0.3) is 6.43 Å². The summed E-state index contributed by atoms with van der Waals surface area (Å²) >= 11 is 0. The van der Waals surface area contributed by atoms with Gasteiger partial charge in [0.15, 0.2) is 0 Å². The zero-order valence-electron chi connectivity index (χ0n) is 5.87. The van der Waals surface area contributed by atoms with E-state index >= 15 is 0 Å². The highest BCUT2D eigenvalue weighted by Crippen LogP contribution is 2.14. The van der Waals surface area contributed by atoms with Crippen LogP contribution < -0.4 is 5.73 Å². The summed E-state index contributed by atoms with van der Waals surface area (Å²) in [6, 6.07) is 1.29. The normalized spacial score (nSPS) is 10.9. The molecule has 0 atom stereocenters. The van der Waals surface area contributed by atoms with Crippen LogP contribution in [0.3, 0.4) is 0 Å². The van der Waals surface area contributed by atoms with Gasteiger partial charge in [-0.15, -0.1) is 0 Å². The van der Waals surface area contributed by atoms with E-state index in [4.69, 9.17) is 5.73 Å². The lowest BCUT2D eigenvalue weighted by Crippen LogP contribution is -2.10. The van der Waals surface area contributed by atoms with E-state index in [1.54, 1.807) is 0 Å². The minimum atomic E-state index is -2.49. The summed E-state index contributed by atoms with van der Waals surface area (Å²) in [4.78, 5) is 0. The number of aromatic nitrogens is 2. The van der Waals surface area contributed by atoms with Crippen molar-refractivity contribution in [2.75, 3.05) is 6.54 Å². The third-order valence-corrected chi connectivity index (χ3v) is 1.24. The van der Waals surface area contributed by atoms with E-state index < -0.39 is 6.43 Å². The highest BCUT2D eigenvalue weighted by atomic mass is 19.3. The summed E-state index contributed by atoms with van der Waals surface area (Å²) in [5.41, 5.74) is 5.00. The zero-order valence-corrected chi connectivity index (χ0v) is 5.87. The van der Waals surface area contributed by atoms with Gasteiger partial charge in [0, 0.05) is 12.7 Å². The molecule has 0 aliphatic heterocycles. The molecule has 62 valence electrons. The molecule has 1 heterocycles. The lowest BCUT2D eigenvalue weighted by atomic mass is 10.5. The number of halogens is 2. The molecule has 0 aliphatic carbocycles. The van der Waals surface area contributed by atoms with E-state index in [1.807, 2.05) is 0 Å². The third-order valence-electron chi connectivity index (χ3n) is 1.24. The fourth-order valence-corrected chi connectivity index (χ4v) is 0.751. The Labute approximate surface area is 62.8 Å². The summed E-state index contributed by atoms with van der Waals surface area (Å²) in [6.07, 6.45) is -0.997. The van der Waals surface area contributed by atoms with Crippen LogP contribution in [0.1, 0.15) is 12.1 Å². The highest BCUT2D eigenvalue weighted by molar-refractivity contribution is 4.99. The molecule has 0 bridgehead atoms. The Balaban J connectivity index is 2.66. The van der Waals surface area contributed by atoms with Gasteiger partial charge in [-0.1, -0.05) is 0 Å². The zero-order chi connectivity index (χ0) is 8.27. The molecule has 0 aromatic carbocycles. The van der Waals surface area contributed by atoms with Gasteiger partial charge in [-0.3, -0.25) is 4.68 Å². The van der Waals surface area contributed by atoms with Crippen molar-refractivity contribution >= 4 is 0 Å². The van der Waals surface area contributed by atoms with Crippen LogP contribution in [0.25, 0.3) is 0 Å². The van der Waals surface area contributed by atoms with Crippen LogP contribution in [0.5, 0.6) is 0 Å². The molecule has 11 heavy (non-hydrogen) atoms. The first-order chi connectivity index (χ1) is 5.24. The van der Waals surface area contributed by atoms with Crippen LogP contribution in [0.2, 0.25) is 0 Å². The van der Waals surface area contributed by atoms with Gasteiger partial charge in [-0.2, -0.15) is 5.10 Å². The Bertz CT molecular complexity index is 221. The summed E-state index contributed by atoms with van der Waals surface area (Å²) in [7, 11) is 0. The van der Waals surface area contributed by atoms with E-state index in [-0.39, 0.29) is 5.69 Å². The van der Waals surface area contributed by atoms with E-state index in [0.29, 0.717) is 13.1 Å². The largest absolute Gasteiger partial charge is 0.329 e. The molecular formula is C6H9F2N3. The van der Waals surface area contributed by atoms with E-state index in [1.165, 1.54) is 16.9 Å². The molecular weight excluding hydrogens is 152 g/mol. The van der Waals surface area contributed by atoms with Gasteiger partial charge in [0.1, 0.15) is 5.69 Å². The lowest BCUT2D eigenvalue weighted by molar-refractivity contribution is 0.145. The van der Waals surface area contributed by atoms with Crippen molar-refractivity contribution < 1.29 is 8.78 Å². The van der Waals surface area contributed by atoms with Crippen LogP contribution in [0.4, 0.5) is 8.78 Å². The highest BCUT2D eigenvalue weighted by Gasteiger charge is 2.09. The average Bonchev–Trinajstić information content (AvgIpc) is 2.37. The molecule has 0 spiro atoms. The number of hydrogen-bond donors (Lipinski definition) is 1. The van der Waals surface area contributed by atoms with Crippen LogP contribution in [-0.4, -0.2) is 16.3 Å². The fourth-order valence-electron chi connectivity index (χ4n) is 0.751. The minimum Gasteiger partial charge on any atom is -0.329 e. The molecule has 0 saturated carbocycles. The summed E-state index contributed by atoms with van der Waals surface area (Å²) in [5.74, 6) is 0. The molecule has 0 unspecified atom stereocenters. The molecule has 5 heteroatoms. The second-order valence-electron chi connectivity index (χ2n) is 2.09. The van der Waals surface area contributed by atoms with Crippen molar-refractivity contribution in [3.63, 3.8) is 0 Å². The van der Waals surface area contributed by atoms with Crippen LogP contribution in [0.15, 0.2) is 12.3 Å². The fraction of sp³-hybridized carbons (Fsp3) is 0.500. The van der Waals surface area contributed by atoms with Gasteiger partial charge >= 0.3 is 0 Å². The molecule has 0 fully saturated rings. The van der Waals surface area contributed by atoms with E-state index in [9.17, 15) is 8.78 Å². The molecule has 1 aromatic heterocycles. The maximum atomic E-state index is 11.9. The number of hydrogen-bond acceptors (Lipinski definition) is 2. The molecule has 0 amide bonds. The van der Waals surface area contributed by atoms with Crippen LogP contribution >= 0.6 is 0 Å². The van der Waals surface area contributed by atoms with Gasteiger partial charge in [0.05, 0.1) is 6.54 Å². The molecule has 0 saturated heterocycles. The Kier molecular flexibility index (Phi) is 2.53. The number of nitrogens with two attached hydrogens (primary N) is 1. The molecule has 3 nitrogen and oxygen atoms in total. The van der Waals surface area contributed by atoms with Crippen molar-refractivity contribution in [2.24, 2.45) is 5.73 Å². The number of rotatable bonds is 3. The maximum Gasteiger partial charge on any atom is 0.282 e. The summed E-state index contributed by atoms with van der Waals surface area (Å²) < 4.78 is 25.2. The Morgan fingerprint density at radius 3 is 2.82 bits per heavy atom. The second-order valence-corrected chi connectivity index (χ2v) is 2.09. The quantitative estimate of drug-likeness (QED) is 0.711. The van der Waals surface area contributed by atoms with Crippen molar-refractivity contribution in [2.45, 2.75) is 13.0 Å². The predicted molar refractivity (Wildman–Crippen MR) is 36.2 cm³/mol. The first-order valence-corrected chi connectivity index (χ1v) is 3.25. The molecule has 1 aromatic rings. The van der Waals surface area contributed by atoms with Gasteiger partial charge in [-0.05, 0) is 6.07 Å². The van der Waals surface area contributed by atoms with E-state index in [0.717, 1.165) is 0 Å². The SMILES string of the molecule is NCCn1ccc(C(F)F)n1. The first kappa shape index (κ1) is 8.13. The molecule has 0 aliphatic rings. The van der Waals surface area contributed by atoms with Crippen molar-refractivity contribution in [1.29, 1.82) is 0 Å². The van der Waals surface area contributed by atoms with Crippen molar-refractivity contribution in [3.8, 4) is 0 Å². The third kappa shape index (κ3) is 1.98. The minimum absolute atomic E-state index is 0.196. The Morgan fingerprint density at radius 2 is 2.36 bits per heavy atom. The van der Waals surface area contributed by atoms with Crippen molar-refractivity contribution in [1.82, 2.24) is 9.78 Å². The average molecular weight is 161 g/mol. The monoisotopic (exact) mass is 161 g/mol. The Morgan fingerprint density at radius 1 is 1.64 bits per heavy atom. The standard InChI is InChI=1S/C6H9F2N3/c7-6(8)5-1-3-11(10-5)4-2-9/h1,3,6H,2,4,9H2. The van der Waals surface area contributed by atoms with Gasteiger partial charge in [0.2, 0.25) is 0 Å². The van der Waals surface area contributed by atoms with E-state index in [2.05, 4.69) is 5.10 Å². The number of nitrogens with zero attached hydrogens (tertiary/aromatic N) is 2. The maximum absolute atomic E-state index is 11.9. The van der Waals surface area contributed by atoms with Gasteiger partial charge in [-0.25, -0.2) is 8.78 Å². The smallest absolute Gasteiger partial charge is 0.282 e. The number of alkyl halides is 2. The molecule has 0 radical (unpaired) electrons. The Hall–Kier alpha value is -0.970. The van der Waals surface area contributed by atoms with Crippen LogP contribution in [0, 0.1) is 0 Å². The van der Waals surface area contributed by atoms with Crippen LogP contribution in [-0.2, 0) is 6.54 Å².